The number of nitro benzene ring substituents is 1. The molecule has 0 bridgehead atoms. The van der Waals surface area contributed by atoms with E-state index in [2.05, 4.69) is 15.3 Å². The number of hydrogen-bond donors (Lipinski definition) is 1. The van der Waals surface area contributed by atoms with Crippen LogP contribution in [0.3, 0.4) is 0 Å². The van der Waals surface area contributed by atoms with Gasteiger partial charge < -0.3 is 10.1 Å². The van der Waals surface area contributed by atoms with Gasteiger partial charge in [0, 0.05) is 23.3 Å². The van der Waals surface area contributed by atoms with Crippen LogP contribution in [0.15, 0.2) is 60.9 Å². The molecule has 0 atom stereocenters. The third-order valence-corrected chi connectivity index (χ3v) is 3.84. The van der Waals surface area contributed by atoms with Gasteiger partial charge in [0.15, 0.2) is 5.82 Å². The molecule has 0 aliphatic rings. The van der Waals surface area contributed by atoms with Crippen molar-refractivity contribution in [2.75, 3.05) is 11.9 Å². The average molecular weight is 392 g/mol. The van der Waals surface area contributed by atoms with Crippen LogP contribution in [-0.4, -0.2) is 33.4 Å². The first kappa shape index (κ1) is 19.6. The van der Waals surface area contributed by atoms with Crippen LogP contribution in [0.2, 0.25) is 0 Å². The van der Waals surface area contributed by atoms with E-state index in [-0.39, 0.29) is 17.7 Å². The van der Waals surface area contributed by atoms with E-state index in [0.717, 1.165) is 17.7 Å². The molecule has 0 unspecified atom stereocenters. The zero-order chi connectivity index (χ0) is 20.8. The molecule has 1 heterocycles. The monoisotopic (exact) mass is 392 g/mol. The minimum Gasteiger partial charge on any atom is -0.462 e. The molecule has 0 spiro atoms. The van der Waals surface area contributed by atoms with Gasteiger partial charge in [-0.1, -0.05) is 30.3 Å². The van der Waals surface area contributed by atoms with Crippen molar-refractivity contribution < 1.29 is 19.2 Å². The number of carbonyl (C=O) groups excluding carboxylic acids is 2. The molecule has 0 aliphatic heterocycles. The highest BCUT2D eigenvalue weighted by molar-refractivity contribution is 6.06. The summed E-state index contributed by atoms with van der Waals surface area (Å²) < 4.78 is 4.86. The van der Waals surface area contributed by atoms with Crippen molar-refractivity contribution in [3.05, 3.63) is 82.2 Å². The van der Waals surface area contributed by atoms with E-state index >= 15 is 0 Å². The topological polar surface area (TPSA) is 124 Å². The van der Waals surface area contributed by atoms with Crippen molar-refractivity contribution >= 4 is 23.3 Å². The summed E-state index contributed by atoms with van der Waals surface area (Å²) in [4.78, 5) is 43.3. The van der Waals surface area contributed by atoms with Crippen LogP contribution in [0.4, 0.5) is 11.4 Å². The number of amides is 1. The highest BCUT2D eigenvalue weighted by Crippen LogP contribution is 2.20. The van der Waals surface area contributed by atoms with Gasteiger partial charge in [-0.2, -0.15) is 0 Å². The van der Waals surface area contributed by atoms with Crippen LogP contribution in [0.5, 0.6) is 0 Å². The number of esters is 1. The Morgan fingerprint density at radius 1 is 1.07 bits per heavy atom. The van der Waals surface area contributed by atoms with Gasteiger partial charge in [0.05, 0.1) is 35.2 Å². The molecule has 0 saturated carbocycles. The summed E-state index contributed by atoms with van der Waals surface area (Å²) in [6, 6.07) is 12.7. The van der Waals surface area contributed by atoms with Crippen LogP contribution in [0.1, 0.15) is 27.6 Å². The fourth-order valence-electron chi connectivity index (χ4n) is 2.51. The lowest BCUT2D eigenvalue weighted by atomic mass is 10.1. The van der Waals surface area contributed by atoms with Gasteiger partial charge in [-0.25, -0.2) is 14.8 Å². The molecule has 146 valence electrons. The predicted octanol–water partition coefficient (Wildman–Crippen LogP) is 3.48. The largest absolute Gasteiger partial charge is 0.462 e. The molecule has 2 aromatic carbocycles. The smallest absolute Gasteiger partial charge is 0.338 e. The van der Waals surface area contributed by atoms with Crippen LogP contribution < -0.4 is 5.32 Å². The highest BCUT2D eigenvalue weighted by Gasteiger charge is 2.19. The van der Waals surface area contributed by atoms with Gasteiger partial charge in [-0.3, -0.25) is 14.9 Å². The number of non-ortho nitro benzene ring substituents is 1. The second-order valence-corrected chi connectivity index (χ2v) is 5.86. The van der Waals surface area contributed by atoms with E-state index in [0.29, 0.717) is 11.5 Å². The summed E-state index contributed by atoms with van der Waals surface area (Å²) in [5, 5.41) is 13.7. The number of nitrogens with one attached hydrogen (secondary N) is 1. The first-order chi connectivity index (χ1) is 14.0. The van der Waals surface area contributed by atoms with E-state index < -0.39 is 22.5 Å². The van der Waals surface area contributed by atoms with E-state index in [1.165, 1.54) is 18.5 Å². The molecule has 1 N–H and O–H groups in total. The SMILES string of the molecule is CCOC(=O)c1cc(C(=O)Nc2cnc(-c3ccccc3)nc2)cc([N+](=O)[O-])c1. The van der Waals surface area contributed by atoms with Crippen molar-refractivity contribution in [2.45, 2.75) is 6.92 Å². The van der Waals surface area contributed by atoms with Gasteiger partial charge in [0.1, 0.15) is 0 Å². The Balaban J connectivity index is 1.83. The maximum absolute atomic E-state index is 12.5. The zero-order valence-corrected chi connectivity index (χ0v) is 15.4. The number of aromatic nitrogens is 2. The predicted molar refractivity (Wildman–Crippen MR) is 104 cm³/mol. The number of benzene rings is 2. The van der Waals surface area contributed by atoms with E-state index in [1.54, 1.807) is 6.92 Å². The molecule has 0 aliphatic carbocycles. The summed E-state index contributed by atoms with van der Waals surface area (Å²) >= 11 is 0. The quantitative estimate of drug-likeness (QED) is 0.387. The number of hydrogen-bond acceptors (Lipinski definition) is 7. The molecule has 0 saturated heterocycles. The average Bonchev–Trinajstić information content (AvgIpc) is 2.74. The van der Waals surface area contributed by atoms with Gasteiger partial charge in [0.25, 0.3) is 11.6 Å². The number of anilines is 1. The molecule has 1 amide bonds. The molecule has 9 heteroatoms. The zero-order valence-electron chi connectivity index (χ0n) is 15.4. The first-order valence-corrected chi connectivity index (χ1v) is 8.63. The van der Waals surface area contributed by atoms with Crippen molar-refractivity contribution in [2.24, 2.45) is 0 Å². The number of nitro groups is 1. The molecule has 0 fully saturated rings. The summed E-state index contributed by atoms with van der Waals surface area (Å²) in [7, 11) is 0. The van der Waals surface area contributed by atoms with Crippen LogP contribution >= 0.6 is 0 Å². The van der Waals surface area contributed by atoms with E-state index in [1.807, 2.05) is 30.3 Å². The molecular weight excluding hydrogens is 376 g/mol. The number of ether oxygens (including phenoxy) is 1. The summed E-state index contributed by atoms with van der Waals surface area (Å²) in [5.41, 5.74) is 0.592. The molecule has 3 rings (SSSR count). The Bertz CT molecular complexity index is 1050. The van der Waals surface area contributed by atoms with Gasteiger partial charge in [-0.05, 0) is 13.0 Å². The second kappa shape index (κ2) is 8.70. The fourth-order valence-corrected chi connectivity index (χ4v) is 2.51. The molecule has 0 radical (unpaired) electrons. The molecule has 9 nitrogen and oxygen atoms in total. The van der Waals surface area contributed by atoms with Crippen LogP contribution in [-0.2, 0) is 4.74 Å². The normalized spacial score (nSPS) is 10.2. The molecule has 29 heavy (non-hydrogen) atoms. The highest BCUT2D eigenvalue weighted by atomic mass is 16.6. The lowest BCUT2D eigenvalue weighted by molar-refractivity contribution is -0.384. The molecule has 1 aromatic heterocycles. The second-order valence-electron chi connectivity index (χ2n) is 5.86. The van der Waals surface area contributed by atoms with Crippen molar-refractivity contribution in [1.29, 1.82) is 0 Å². The van der Waals surface area contributed by atoms with E-state index in [4.69, 9.17) is 4.74 Å². The summed E-state index contributed by atoms with van der Waals surface area (Å²) in [6.45, 7) is 1.72. The number of nitrogens with zero attached hydrogens (tertiary/aromatic N) is 3. The third kappa shape index (κ3) is 4.78. The van der Waals surface area contributed by atoms with Crippen molar-refractivity contribution in [1.82, 2.24) is 9.97 Å². The lowest BCUT2D eigenvalue weighted by Crippen LogP contribution is -2.14. The summed E-state index contributed by atoms with van der Waals surface area (Å²) in [5.74, 6) is -0.903. The standard InChI is InChI=1S/C20H16N4O5/c1-2-29-20(26)15-8-14(9-17(10-15)24(27)28)19(25)23-16-11-21-18(22-12-16)13-6-4-3-5-7-13/h3-12H,2H2,1H3,(H,23,25). The molecule has 3 aromatic rings. The third-order valence-electron chi connectivity index (χ3n) is 3.84. The summed E-state index contributed by atoms with van der Waals surface area (Å²) in [6.07, 6.45) is 2.85. The van der Waals surface area contributed by atoms with Crippen LogP contribution in [0.25, 0.3) is 11.4 Å². The minimum absolute atomic E-state index is 0.0608. The van der Waals surface area contributed by atoms with Gasteiger partial charge in [-0.15, -0.1) is 0 Å². The van der Waals surface area contributed by atoms with E-state index in [9.17, 15) is 19.7 Å². The fraction of sp³-hybridized carbons (Fsp3) is 0.100. The Labute approximate surface area is 165 Å². The Kier molecular flexibility index (Phi) is 5.88. The Morgan fingerprint density at radius 2 is 1.72 bits per heavy atom. The number of rotatable bonds is 6. The van der Waals surface area contributed by atoms with Crippen molar-refractivity contribution in [3.63, 3.8) is 0 Å². The lowest BCUT2D eigenvalue weighted by Gasteiger charge is -2.08. The minimum atomic E-state index is -0.749. The maximum atomic E-state index is 12.5. The first-order valence-electron chi connectivity index (χ1n) is 8.63. The maximum Gasteiger partial charge on any atom is 0.338 e. The van der Waals surface area contributed by atoms with Crippen molar-refractivity contribution in [3.8, 4) is 11.4 Å². The van der Waals surface area contributed by atoms with Gasteiger partial charge in [0.2, 0.25) is 0 Å². The Hall–Kier alpha value is -4.14. The van der Waals surface area contributed by atoms with Crippen LogP contribution in [0, 0.1) is 10.1 Å². The Morgan fingerprint density at radius 3 is 2.34 bits per heavy atom. The number of carbonyl (C=O) groups is 2. The van der Waals surface area contributed by atoms with Gasteiger partial charge >= 0.3 is 5.97 Å². The molecular formula is C20H16N4O5.